The van der Waals surface area contributed by atoms with E-state index in [0.29, 0.717) is 12.0 Å². The Morgan fingerprint density at radius 3 is 2.94 bits per heavy atom. The predicted molar refractivity (Wildman–Crippen MR) is 68.0 cm³/mol. The molecule has 2 aliphatic heterocycles. The molecule has 0 aliphatic carbocycles. The standard InChI is InChI=1S/C14H19FN2/c1-14(2)13-9(7-8-16-14)12-10(15)5-4-6-11(12)17(13)3/h4-6,9,13,16H,7-8H2,1-3H3. The third-order valence-corrected chi connectivity index (χ3v) is 4.35. The number of benzene rings is 1. The lowest BCUT2D eigenvalue weighted by Crippen LogP contribution is -2.60. The first kappa shape index (κ1) is 11.0. The lowest BCUT2D eigenvalue weighted by Gasteiger charge is -2.45. The SMILES string of the molecule is CN1c2cccc(F)c2C2CCNC(C)(C)C21. The van der Waals surface area contributed by atoms with Crippen molar-refractivity contribution in [1.82, 2.24) is 5.32 Å². The fourth-order valence-corrected chi connectivity index (χ4v) is 3.72. The van der Waals surface area contributed by atoms with Gasteiger partial charge in [0.2, 0.25) is 0 Å². The van der Waals surface area contributed by atoms with E-state index in [0.717, 1.165) is 24.2 Å². The summed E-state index contributed by atoms with van der Waals surface area (Å²) in [4.78, 5) is 2.25. The largest absolute Gasteiger partial charge is 0.369 e. The Morgan fingerprint density at radius 1 is 1.41 bits per heavy atom. The quantitative estimate of drug-likeness (QED) is 0.742. The summed E-state index contributed by atoms with van der Waals surface area (Å²) in [7, 11) is 2.08. The summed E-state index contributed by atoms with van der Waals surface area (Å²) < 4.78 is 14.0. The molecule has 2 atom stereocenters. The van der Waals surface area contributed by atoms with Gasteiger partial charge in [0, 0.05) is 29.8 Å². The Hall–Kier alpha value is -1.09. The molecular weight excluding hydrogens is 215 g/mol. The van der Waals surface area contributed by atoms with Crippen LogP contribution >= 0.6 is 0 Å². The number of anilines is 1. The summed E-state index contributed by atoms with van der Waals surface area (Å²) in [6, 6.07) is 5.78. The number of nitrogens with zero attached hydrogens (tertiary/aromatic N) is 1. The van der Waals surface area contributed by atoms with E-state index in [2.05, 4.69) is 31.1 Å². The average Bonchev–Trinajstić information content (AvgIpc) is 2.55. The maximum Gasteiger partial charge on any atom is 0.128 e. The van der Waals surface area contributed by atoms with Crippen molar-refractivity contribution in [2.24, 2.45) is 0 Å². The van der Waals surface area contributed by atoms with Crippen molar-refractivity contribution in [2.45, 2.75) is 37.8 Å². The molecule has 92 valence electrons. The van der Waals surface area contributed by atoms with Gasteiger partial charge in [-0.25, -0.2) is 4.39 Å². The Kier molecular flexibility index (Phi) is 2.24. The first-order valence-corrected chi connectivity index (χ1v) is 6.28. The molecule has 0 bridgehead atoms. The molecule has 2 unspecified atom stereocenters. The minimum atomic E-state index is -0.0421. The van der Waals surface area contributed by atoms with Crippen LogP contribution in [-0.2, 0) is 0 Å². The molecule has 3 rings (SSSR count). The molecule has 17 heavy (non-hydrogen) atoms. The topological polar surface area (TPSA) is 15.3 Å². The number of rotatable bonds is 0. The van der Waals surface area contributed by atoms with Gasteiger partial charge in [0.1, 0.15) is 5.82 Å². The Balaban J connectivity index is 2.14. The van der Waals surface area contributed by atoms with Crippen LogP contribution in [0.25, 0.3) is 0 Å². The highest BCUT2D eigenvalue weighted by Gasteiger charge is 2.48. The smallest absolute Gasteiger partial charge is 0.128 e. The number of hydrogen-bond donors (Lipinski definition) is 1. The summed E-state index contributed by atoms with van der Waals surface area (Å²) in [5, 5.41) is 3.55. The molecule has 2 aliphatic rings. The summed E-state index contributed by atoms with van der Waals surface area (Å²) in [5.41, 5.74) is 2.02. The highest BCUT2D eigenvalue weighted by atomic mass is 19.1. The Morgan fingerprint density at radius 2 is 2.18 bits per heavy atom. The van der Waals surface area contributed by atoms with E-state index in [1.807, 2.05) is 12.1 Å². The van der Waals surface area contributed by atoms with E-state index in [1.54, 1.807) is 6.07 Å². The van der Waals surface area contributed by atoms with Gasteiger partial charge in [-0.1, -0.05) is 6.07 Å². The summed E-state index contributed by atoms with van der Waals surface area (Å²) in [6.45, 7) is 5.39. The van der Waals surface area contributed by atoms with E-state index in [9.17, 15) is 4.39 Å². The zero-order chi connectivity index (χ0) is 12.2. The van der Waals surface area contributed by atoms with Crippen molar-refractivity contribution < 1.29 is 4.39 Å². The maximum absolute atomic E-state index is 14.0. The molecule has 1 saturated heterocycles. The highest BCUT2D eigenvalue weighted by Crippen LogP contribution is 2.48. The zero-order valence-corrected chi connectivity index (χ0v) is 10.6. The number of likely N-dealkylation sites (N-methyl/N-ethyl adjacent to an activating group) is 1. The zero-order valence-electron chi connectivity index (χ0n) is 10.6. The van der Waals surface area contributed by atoms with Crippen molar-refractivity contribution in [1.29, 1.82) is 0 Å². The van der Waals surface area contributed by atoms with Crippen molar-refractivity contribution in [2.75, 3.05) is 18.5 Å². The summed E-state index contributed by atoms with van der Waals surface area (Å²) in [5.74, 6) is 0.284. The second kappa shape index (κ2) is 3.45. The number of halogens is 1. The summed E-state index contributed by atoms with van der Waals surface area (Å²) >= 11 is 0. The van der Waals surface area contributed by atoms with Gasteiger partial charge in [-0.3, -0.25) is 0 Å². The van der Waals surface area contributed by atoms with E-state index in [-0.39, 0.29) is 11.4 Å². The molecule has 2 nitrogen and oxygen atoms in total. The van der Waals surface area contributed by atoms with Crippen LogP contribution in [0.1, 0.15) is 31.7 Å². The van der Waals surface area contributed by atoms with Gasteiger partial charge in [-0.2, -0.15) is 0 Å². The average molecular weight is 234 g/mol. The predicted octanol–water partition coefficient (Wildman–Crippen LogP) is 2.50. The molecule has 0 saturated carbocycles. The van der Waals surface area contributed by atoms with Gasteiger partial charge in [0.25, 0.3) is 0 Å². The Bertz CT molecular complexity index is 456. The van der Waals surface area contributed by atoms with Crippen LogP contribution in [0, 0.1) is 5.82 Å². The fourth-order valence-electron chi connectivity index (χ4n) is 3.72. The molecule has 3 heteroatoms. The molecule has 0 amide bonds. The third kappa shape index (κ3) is 1.41. The van der Waals surface area contributed by atoms with Crippen molar-refractivity contribution in [3.05, 3.63) is 29.6 Å². The molecule has 1 aromatic rings. The lowest BCUT2D eigenvalue weighted by molar-refractivity contribution is 0.236. The molecule has 1 aromatic carbocycles. The minimum Gasteiger partial charge on any atom is -0.369 e. The lowest BCUT2D eigenvalue weighted by atomic mass is 9.78. The van der Waals surface area contributed by atoms with Gasteiger partial charge in [-0.15, -0.1) is 0 Å². The van der Waals surface area contributed by atoms with Crippen molar-refractivity contribution in [3.63, 3.8) is 0 Å². The second-order valence-corrected chi connectivity index (χ2v) is 5.77. The molecule has 0 aromatic heterocycles. The molecular formula is C14H19FN2. The van der Waals surface area contributed by atoms with E-state index >= 15 is 0 Å². The van der Waals surface area contributed by atoms with Crippen molar-refractivity contribution in [3.8, 4) is 0 Å². The van der Waals surface area contributed by atoms with E-state index in [4.69, 9.17) is 0 Å². The molecule has 1 N–H and O–H groups in total. The van der Waals surface area contributed by atoms with Crippen LogP contribution in [-0.4, -0.2) is 25.2 Å². The highest BCUT2D eigenvalue weighted by molar-refractivity contribution is 5.63. The maximum atomic E-state index is 14.0. The van der Waals surface area contributed by atoms with Gasteiger partial charge in [0.05, 0.1) is 6.04 Å². The second-order valence-electron chi connectivity index (χ2n) is 5.77. The van der Waals surface area contributed by atoms with Crippen LogP contribution in [0.4, 0.5) is 10.1 Å². The van der Waals surface area contributed by atoms with Gasteiger partial charge in [-0.05, 0) is 38.9 Å². The van der Waals surface area contributed by atoms with Crippen LogP contribution in [0.15, 0.2) is 18.2 Å². The third-order valence-electron chi connectivity index (χ3n) is 4.35. The number of nitrogens with one attached hydrogen (secondary N) is 1. The van der Waals surface area contributed by atoms with Crippen LogP contribution in [0.3, 0.4) is 0 Å². The molecule has 1 fully saturated rings. The van der Waals surface area contributed by atoms with Gasteiger partial charge < -0.3 is 10.2 Å². The normalized spacial score (nSPS) is 30.0. The monoisotopic (exact) mass is 234 g/mol. The van der Waals surface area contributed by atoms with Gasteiger partial charge in [0.15, 0.2) is 0 Å². The van der Waals surface area contributed by atoms with Crippen LogP contribution < -0.4 is 10.2 Å². The number of piperidine rings is 1. The van der Waals surface area contributed by atoms with Crippen molar-refractivity contribution >= 4 is 5.69 Å². The van der Waals surface area contributed by atoms with Crippen LogP contribution in [0.5, 0.6) is 0 Å². The van der Waals surface area contributed by atoms with Crippen LogP contribution in [0.2, 0.25) is 0 Å². The van der Waals surface area contributed by atoms with E-state index < -0.39 is 0 Å². The molecule has 0 radical (unpaired) electrons. The fraction of sp³-hybridized carbons (Fsp3) is 0.571. The summed E-state index contributed by atoms with van der Waals surface area (Å²) in [6.07, 6.45) is 1.02. The molecule has 2 heterocycles. The number of hydrogen-bond acceptors (Lipinski definition) is 2. The minimum absolute atomic E-state index is 0.0309. The Labute approximate surface area is 102 Å². The van der Waals surface area contributed by atoms with Gasteiger partial charge >= 0.3 is 0 Å². The first-order valence-electron chi connectivity index (χ1n) is 6.28. The first-order chi connectivity index (χ1) is 8.02. The number of fused-ring (bicyclic) bond motifs is 3. The van der Waals surface area contributed by atoms with E-state index in [1.165, 1.54) is 0 Å². The molecule has 0 spiro atoms.